The SMILES string of the molecule is O=C(Nc1cccc2[nH]cnc12)c1ccc([N+](=O)[O-])cc1F. The van der Waals surface area contributed by atoms with Crippen LogP contribution in [0.5, 0.6) is 0 Å². The topological polar surface area (TPSA) is 101 Å². The lowest BCUT2D eigenvalue weighted by molar-refractivity contribution is -0.385. The van der Waals surface area contributed by atoms with Gasteiger partial charge in [-0.05, 0) is 18.2 Å². The fourth-order valence-corrected chi connectivity index (χ4v) is 2.06. The van der Waals surface area contributed by atoms with Crippen molar-refractivity contribution in [1.82, 2.24) is 9.97 Å². The number of benzene rings is 2. The lowest BCUT2D eigenvalue weighted by Gasteiger charge is -2.06. The van der Waals surface area contributed by atoms with Gasteiger partial charge >= 0.3 is 0 Å². The number of fused-ring (bicyclic) bond motifs is 1. The summed E-state index contributed by atoms with van der Waals surface area (Å²) in [7, 11) is 0. The number of para-hydroxylation sites is 1. The number of nitrogens with one attached hydrogen (secondary N) is 2. The number of imidazole rings is 1. The van der Waals surface area contributed by atoms with E-state index in [9.17, 15) is 19.3 Å². The molecule has 2 N–H and O–H groups in total. The van der Waals surface area contributed by atoms with E-state index in [0.29, 0.717) is 17.3 Å². The van der Waals surface area contributed by atoms with Gasteiger partial charge in [0.05, 0.1) is 34.1 Å². The molecule has 0 aliphatic heterocycles. The lowest BCUT2D eigenvalue weighted by Crippen LogP contribution is -2.14. The maximum atomic E-state index is 13.8. The van der Waals surface area contributed by atoms with E-state index < -0.39 is 22.3 Å². The highest BCUT2D eigenvalue weighted by Crippen LogP contribution is 2.22. The van der Waals surface area contributed by atoms with Crippen molar-refractivity contribution in [1.29, 1.82) is 0 Å². The largest absolute Gasteiger partial charge is 0.345 e. The molecule has 0 saturated heterocycles. The summed E-state index contributed by atoms with van der Waals surface area (Å²) in [5.74, 6) is -1.66. The molecule has 7 nitrogen and oxygen atoms in total. The molecule has 22 heavy (non-hydrogen) atoms. The van der Waals surface area contributed by atoms with E-state index in [1.54, 1.807) is 18.2 Å². The standard InChI is InChI=1S/C14H9FN4O3/c15-10-6-8(19(21)22)4-5-9(10)14(20)18-12-3-1-2-11-13(12)17-7-16-11/h1-7H,(H,16,17)(H,18,20). The first-order valence-corrected chi connectivity index (χ1v) is 6.23. The number of nitrogens with zero attached hydrogens (tertiary/aromatic N) is 2. The highest BCUT2D eigenvalue weighted by atomic mass is 19.1. The van der Waals surface area contributed by atoms with Crippen LogP contribution in [0.1, 0.15) is 10.4 Å². The Balaban J connectivity index is 1.92. The quantitative estimate of drug-likeness (QED) is 0.573. The lowest BCUT2D eigenvalue weighted by atomic mass is 10.1. The van der Waals surface area contributed by atoms with Crippen LogP contribution < -0.4 is 5.32 Å². The second-order valence-corrected chi connectivity index (χ2v) is 4.48. The molecule has 1 heterocycles. The Morgan fingerprint density at radius 1 is 1.32 bits per heavy atom. The Bertz CT molecular complexity index is 891. The van der Waals surface area contributed by atoms with Gasteiger partial charge in [0.25, 0.3) is 11.6 Å². The van der Waals surface area contributed by atoms with Gasteiger partial charge in [0.2, 0.25) is 0 Å². The molecular formula is C14H9FN4O3. The summed E-state index contributed by atoms with van der Waals surface area (Å²) >= 11 is 0. The zero-order chi connectivity index (χ0) is 15.7. The second kappa shape index (κ2) is 5.24. The minimum Gasteiger partial charge on any atom is -0.345 e. The first kappa shape index (κ1) is 13.7. The summed E-state index contributed by atoms with van der Waals surface area (Å²) in [6, 6.07) is 7.99. The van der Waals surface area contributed by atoms with Gasteiger partial charge in [0, 0.05) is 6.07 Å². The average molecular weight is 300 g/mol. The molecule has 0 bridgehead atoms. The third-order valence-electron chi connectivity index (χ3n) is 3.11. The first-order chi connectivity index (χ1) is 10.6. The van der Waals surface area contributed by atoms with E-state index in [2.05, 4.69) is 15.3 Å². The zero-order valence-electron chi connectivity index (χ0n) is 11.0. The van der Waals surface area contributed by atoms with E-state index in [4.69, 9.17) is 0 Å². The van der Waals surface area contributed by atoms with E-state index >= 15 is 0 Å². The smallest absolute Gasteiger partial charge is 0.272 e. The van der Waals surface area contributed by atoms with Gasteiger partial charge in [-0.1, -0.05) is 6.07 Å². The number of halogens is 1. The van der Waals surface area contributed by atoms with E-state index in [-0.39, 0.29) is 5.56 Å². The van der Waals surface area contributed by atoms with Crippen molar-refractivity contribution in [2.75, 3.05) is 5.32 Å². The minimum atomic E-state index is -0.957. The van der Waals surface area contributed by atoms with E-state index in [1.807, 2.05) is 0 Å². The number of H-pyrrole nitrogens is 1. The van der Waals surface area contributed by atoms with Crippen LogP contribution in [-0.4, -0.2) is 20.8 Å². The predicted molar refractivity (Wildman–Crippen MR) is 77.1 cm³/mol. The molecule has 0 saturated carbocycles. The van der Waals surface area contributed by atoms with Gasteiger partial charge < -0.3 is 10.3 Å². The number of amides is 1. The molecule has 0 aliphatic rings. The highest BCUT2D eigenvalue weighted by Gasteiger charge is 2.17. The normalized spacial score (nSPS) is 10.6. The summed E-state index contributed by atoms with van der Waals surface area (Å²) in [5.41, 5.74) is 0.989. The molecule has 8 heteroatoms. The van der Waals surface area contributed by atoms with Gasteiger partial charge in [-0.25, -0.2) is 9.37 Å². The monoisotopic (exact) mass is 300 g/mol. The van der Waals surface area contributed by atoms with Crippen molar-refractivity contribution >= 4 is 28.3 Å². The van der Waals surface area contributed by atoms with Crippen LogP contribution in [0, 0.1) is 15.9 Å². The number of non-ortho nitro benzene ring substituents is 1. The number of rotatable bonds is 3. The van der Waals surface area contributed by atoms with Crippen LogP contribution in [0.4, 0.5) is 15.8 Å². The summed E-state index contributed by atoms with van der Waals surface area (Å²) in [5, 5.41) is 13.1. The van der Waals surface area contributed by atoms with E-state index in [0.717, 1.165) is 17.6 Å². The molecule has 0 fully saturated rings. The number of nitro benzene ring substituents is 1. The van der Waals surface area contributed by atoms with Crippen molar-refractivity contribution in [2.45, 2.75) is 0 Å². The van der Waals surface area contributed by atoms with Gasteiger partial charge in [0.15, 0.2) is 0 Å². The summed E-state index contributed by atoms with van der Waals surface area (Å²) < 4.78 is 13.8. The number of aromatic nitrogens is 2. The summed E-state index contributed by atoms with van der Waals surface area (Å²) in [6.07, 6.45) is 1.48. The number of carbonyl (C=O) groups excluding carboxylic acids is 1. The van der Waals surface area contributed by atoms with Crippen LogP contribution in [0.15, 0.2) is 42.7 Å². The molecule has 2 aromatic carbocycles. The molecule has 0 radical (unpaired) electrons. The number of aromatic amines is 1. The Morgan fingerprint density at radius 2 is 2.14 bits per heavy atom. The average Bonchev–Trinajstić information content (AvgIpc) is 2.96. The molecule has 0 atom stereocenters. The van der Waals surface area contributed by atoms with Gasteiger partial charge in [-0.2, -0.15) is 0 Å². The van der Waals surface area contributed by atoms with Crippen molar-refractivity contribution in [3.63, 3.8) is 0 Å². The Kier molecular flexibility index (Phi) is 3.26. The van der Waals surface area contributed by atoms with Gasteiger partial charge in [-0.3, -0.25) is 14.9 Å². The Labute approximate surface area is 122 Å². The van der Waals surface area contributed by atoms with Crippen LogP contribution in [-0.2, 0) is 0 Å². The maximum absolute atomic E-state index is 13.8. The third-order valence-corrected chi connectivity index (χ3v) is 3.11. The van der Waals surface area contributed by atoms with Crippen LogP contribution in [0.3, 0.4) is 0 Å². The fraction of sp³-hybridized carbons (Fsp3) is 0. The summed E-state index contributed by atoms with van der Waals surface area (Å²) in [6.45, 7) is 0. The third kappa shape index (κ3) is 2.37. The zero-order valence-corrected chi connectivity index (χ0v) is 11.0. The first-order valence-electron chi connectivity index (χ1n) is 6.23. The predicted octanol–water partition coefficient (Wildman–Crippen LogP) is 2.86. The Morgan fingerprint density at radius 3 is 2.86 bits per heavy atom. The number of carbonyl (C=O) groups is 1. The summed E-state index contributed by atoms with van der Waals surface area (Å²) in [4.78, 5) is 28.9. The Hall–Kier alpha value is -3.29. The molecule has 1 aromatic heterocycles. The maximum Gasteiger partial charge on any atom is 0.272 e. The van der Waals surface area contributed by atoms with Gasteiger partial charge in [0.1, 0.15) is 11.3 Å². The van der Waals surface area contributed by atoms with Gasteiger partial charge in [-0.15, -0.1) is 0 Å². The second-order valence-electron chi connectivity index (χ2n) is 4.48. The van der Waals surface area contributed by atoms with Crippen LogP contribution >= 0.6 is 0 Å². The molecular weight excluding hydrogens is 291 g/mol. The van der Waals surface area contributed by atoms with Crippen molar-refractivity contribution in [3.8, 4) is 0 Å². The fourth-order valence-electron chi connectivity index (χ4n) is 2.06. The number of nitro groups is 1. The minimum absolute atomic E-state index is 0.280. The van der Waals surface area contributed by atoms with E-state index in [1.165, 1.54) is 6.33 Å². The van der Waals surface area contributed by atoms with Crippen LogP contribution in [0.2, 0.25) is 0 Å². The molecule has 3 rings (SSSR count). The van der Waals surface area contributed by atoms with Crippen molar-refractivity contribution < 1.29 is 14.1 Å². The molecule has 0 aliphatic carbocycles. The highest BCUT2D eigenvalue weighted by molar-refractivity contribution is 6.08. The number of anilines is 1. The molecule has 110 valence electrons. The van der Waals surface area contributed by atoms with Crippen molar-refractivity contribution in [3.05, 3.63) is 64.2 Å². The van der Waals surface area contributed by atoms with Crippen LogP contribution in [0.25, 0.3) is 11.0 Å². The molecule has 0 spiro atoms. The molecule has 3 aromatic rings. The number of hydrogen-bond acceptors (Lipinski definition) is 4. The van der Waals surface area contributed by atoms with Crippen molar-refractivity contribution in [2.24, 2.45) is 0 Å². The number of hydrogen-bond donors (Lipinski definition) is 2. The molecule has 0 unspecified atom stereocenters. The molecule has 1 amide bonds.